The molecule has 1 aliphatic rings. The zero-order chi connectivity index (χ0) is 19.3. The number of halogens is 3. The molecule has 26 heavy (non-hydrogen) atoms. The van der Waals surface area contributed by atoms with E-state index in [1.165, 1.54) is 19.0 Å². The summed E-state index contributed by atoms with van der Waals surface area (Å²) in [4.78, 5) is 36.0. The zero-order valence-corrected chi connectivity index (χ0v) is 13.7. The Bertz CT molecular complexity index is 1020. The monoisotopic (exact) mass is 370 g/mol. The van der Waals surface area contributed by atoms with Crippen LogP contribution in [0.4, 0.5) is 13.2 Å². The van der Waals surface area contributed by atoms with E-state index in [2.05, 4.69) is 0 Å². The van der Waals surface area contributed by atoms with Crippen molar-refractivity contribution in [3.05, 3.63) is 45.0 Å². The molecule has 1 aromatic carbocycles. The highest BCUT2D eigenvalue weighted by Crippen LogP contribution is 2.35. The second kappa shape index (κ2) is 6.04. The number of carbonyl (C=O) groups excluding carboxylic acids is 1. The number of carboxylic acid groups (broad SMARTS) is 1. The van der Waals surface area contributed by atoms with Crippen molar-refractivity contribution in [1.82, 2.24) is 4.68 Å². The third-order valence-electron chi connectivity index (χ3n) is 4.24. The predicted octanol–water partition coefficient (Wildman–Crippen LogP) is 1.35. The van der Waals surface area contributed by atoms with Gasteiger partial charge in [-0.3, -0.25) is 14.3 Å². The Hall–Kier alpha value is -3.04. The standard InChI is InChI=1S/C16H13F3N2O5/c1-3-26-16(25)7-5-21-13-8(6(15(23)24)4-20(21)2)10(17)12(19)11(18)9(13)14(7)22/h5-6H,3-4H2,1-2H3,(H,23,24). The third-order valence-corrected chi connectivity index (χ3v) is 4.24. The molecular weight excluding hydrogens is 357 g/mol. The van der Waals surface area contributed by atoms with Crippen LogP contribution in [0.3, 0.4) is 0 Å². The van der Waals surface area contributed by atoms with Crippen molar-refractivity contribution in [2.75, 3.05) is 25.2 Å². The molecule has 0 bridgehead atoms. The highest BCUT2D eigenvalue weighted by Gasteiger charge is 2.38. The second-order valence-electron chi connectivity index (χ2n) is 5.75. The normalized spacial score (nSPS) is 16.0. The number of aromatic nitrogens is 1. The number of ether oxygens (including phenoxy) is 1. The first kappa shape index (κ1) is 17.8. The minimum absolute atomic E-state index is 0.0568. The average Bonchev–Trinajstić information content (AvgIpc) is 2.58. The fourth-order valence-electron chi connectivity index (χ4n) is 3.08. The molecule has 1 N–H and O–H groups in total. The maximum atomic E-state index is 14.4. The molecule has 1 atom stereocenters. The predicted molar refractivity (Wildman–Crippen MR) is 83.4 cm³/mol. The molecule has 2 aromatic rings. The van der Waals surface area contributed by atoms with Gasteiger partial charge in [0.05, 0.1) is 24.1 Å². The van der Waals surface area contributed by atoms with Crippen LogP contribution >= 0.6 is 0 Å². The van der Waals surface area contributed by atoms with Crippen molar-refractivity contribution in [3.8, 4) is 0 Å². The number of carboxylic acids is 1. The molecule has 138 valence electrons. The number of pyridine rings is 1. The molecule has 0 saturated heterocycles. The number of likely N-dealkylation sites (N-methyl/N-ethyl adjacent to an activating group) is 1. The van der Waals surface area contributed by atoms with Gasteiger partial charge in [-0.15, -0.1) is 0 Å². The molecule has 0 amide bonds. The number of benzene rings is 1. The van der Waals surface area contributed by atoms with Crippen LogP contribution in [-0.4, -0.2) is 41.9 Å². The van der Waals surface area contributed by atoms with Crippen LogP contribution in [0.1, 0.15) is 28.8 Å². The molecule has 0 radical (unpaired) electrons. The van der Waals surface area contributed by atoms with Gasteiger partial charge >= 0.3 is 11.9 Å². The summed E-state index contributed by atoms with van der Waals surface area (Å²) >= 11 is 0. The number of esters is 1. The smallest absolute Gasteiger partial charge is 0.343 e. The molecule has 2 heterocycles. The van der Waals surface area contributed by atoms with Crippen LogP contribution in [0, 0.1) is 17.5 Å². The number of hydrogen-bond acceptors (Lipinski definition) is 5. The summed E-state index contributed by atoms with van der Waals surface area (Å²) in [6.07, 6.45) is 1.00. The number of nitrogens with zero attached hydrogens (tertiary/aromatic N) is 2. The Kier molecular flexibility index (Phi) is 4.13. The molecule has 7 nitrogen and oxygen atoms in total. The van der Waals surface area contributed by atoms with Crippen molar-refractivity contribution in [2.45, 2.75) is 12.8 Å². The van der Waals surface area contributed by atoms with E-state index in [0.29, 0.717) is 0 Å². The Labute approximate surface area is 144 Å². The van der Waals surface area contributed by atoms with Gasteiger partial charge in [0, 0.05) is 18.8 Å². The first-order chi connectivity index (χ1) is 12.2. The Morgan fingerprint density at radius 3 is 2.50 bits per heavy atom. The molecule has 3 rings (SSSR count). The average molecular weight is 370 g/mol. The minimum atomic E-state index is -1.96. The summed E-state index contributed by atoms with van der Waals surface area (Å²) in [5.74, 6) is -9.46. The van der Waals surface area contributed by atoms with Gasteiger partial charge in [0.15, 0.2) is 17.5 Å². The molecule has 1 unspecified atom stereocenters. The number of aliphatic carboxylic acids is 1. The molecule has 10 heteroatoms. The van der Waals surface area contributed by atoms with Gasteiger partial charge in [0.1, 0.15) is 11.5 Å². The van der Waals surface area contributed by atoms with Crippen molar-refractivity contribution in [3.63, 3.8) is 0 Å². The van der Waals surface area contributed by atoms with Gasteiger partial charge in [-0.05, 0) is 6.92 Å². The van der Waals surface area contributed by atoms with E-state index >= 15 is 0 Å². The van der Waals surface area contributed by atoms with Crippen LogP contribution in [0.25, 0.3) is 10.9 Å². The van der Waals surface area contributed by atoms with E-state index in [9.17, 15) is 32.7 Å². The molecule has 0 saturated carbocycles. The Balaban J connectivity index is 2.53. The van der Waals surface area contributed by atoms with Crippen LogP contribution in [0.5, 0.6) is 0 Å². The van der Waals surface area contributed by atoms with E-state index in [0.717, 1.165) is 10.9 Å². The zero-order valence-electron chi connectivity index (χ0n) is 13.7. The molecule has 1 aromatic heterocycles. The van der Waals surface area contributed by atoms with Crippen molar-refractivity contribution in [2.24, 2.45) is 0 Å². The number of rotatable bonds is 3. The van der Waals surface area contributed by atoms with Crippen molar-refractivity contribution in [1.29, 1.82) is 0 Å². The van der Waals surface area contributed by atoms with Crippen molar-refractivity contribution >= 4 is 22.8 Å². The first-order valence-corrected chi connectivity index (χ1v) is 7.57. The van der Waals surface area contributed by atoms with Gasteiger partial charge in [-0.25, -0.2) is 18.0 Å². The lowest BCUT2D eigenvalue weighted by atomic mass is 9.92. The third kappa shape index (κ3) is 2.32. The summed E-state index contributed by atoms with van der Waals surface area (Å²) in [7, 11) is 1.40. The number of hydrogen-bond donors (Lipinski definition) is 1. The summed E-state index contributed by atoms with van der Waals surface area (Å²) in [6, 6.07) is 0. The lowest BCUT2D eigenvalue weighted by Gasteiger charge is -2.34. The van der Waals surface area contributed by atoms with Crippen LogP contribution < -0.4 is 10.4 Å². The molecule has 1 aliphatic heterocycles. The largest absolute Gasteiger partial charge is 0.481 e. The van der Waals surface area contributed by atoms with E-state index in [1.54, 1.807) is 0 Å². The lowest BCUT2D eigenvalue weighted by Crippen LogP contribution is -2.43. The fraction of sp³-hybridized carbons (Fsp3) is 0.312. The quantitative estimate of drug-likeness (QED) is 0.648. The molecule has 0 fully saturated rings. The fourth-order valence-corrected chi connectivity index (χ4v) is 3.08. The Morgan fingerprint density at radius 1 is 1.27 bits per heavy atom. The summed E-state index contributed by atoms with van der Waals surface area (Å²) in [5.41, 5.74) is -2.85. The van der Waals surface area contributed by atoms with Gasteiger partial charge in [-0.1, -0.05) is 0 Å². The van der Waals surface area contributed by atoms with Gasteiger partial charge in [-0.2, -0.15) is 0 Å². The van der Waals surface area contributed by atoms with Crippen LogP contribution in [0.15, 0.2) is 11.0 Å². The highest BCUT2D eigenvalue weighted by molar-refractivity contribution is 5.97. The Morgan fingerprint density at radius 2 is 1.92 bits per heavy atom. The highest BCUT2D eigenvalue weighted by atomic mass is 19.2. The second-order valence-corrected chi connectivity index (χ2v) is 5.75. The molecular formula is C16H13F3N2O5. The molecule has 0 spiro atoms. The van der Waals surface area contributed by atoms with E-state index in [-0.39, 0.29) is 13.2 Å². The van der Waals surface area contributed by atoms with E-state index in [1.807, 2.05) is 0 Å². The van der Waals surface area contributed by atoms with E-state index < -0.39 is 62.8 Å². The first-order valence-electron chi connectivity index (χ1n) is 7.57. The molecule has 0 aliphatic carbocycles. The van der Waals surface area contributed by atoms with Gasteiger partial charge < -0.3 is 14.9 Å². The minimum Gasteiger partial charge on any atom is -0.481 e. The van der Waals surface area contributed by atoms with Crippen LogP contribution in [0.2, 0.25) is 0 Å². The maximum Gasteiger partial charge on any atom is 0.343 e. The van der Waals surface area contributed by atoms with Crippen LogP contribution in [-0.2, 0) is 9.53 Å². The van der Waals surface area contributed by atoms with Crippen molar-refractivity contribution < 1.29 is 32.6 Å². The lowest BCUT2D eigenvalue weighted by molar-refractivity contribution is -0.138. The van der Waals surface area contributed by atoms with Gasteiger partial charge in [0.25, 0.3) is 0 Å². The topological polar surface area (TPSA) is 88.8 Å². The number of carbonyl (C=O) groups is 2. The van der Waals surface area contributed by atoms with E-state index in [4.69, 9.17) is 4.74 Å². The van der Waals surface area contributed by atoms with Gasteiger partial charge in [0.2, 0.25) is 5.43 Å². The summed E-state index contributed by atoms with van der Waals surface area (Å²) in [5, 5.41) is 9.69. The SMILES string of the molecule is CCOC(=O)c1cn2c3c(c(F)c(F)c(F)c3c1=O)C(C(=O)O)CN2C. The summed E-state index contributed by atoms with van der Waals surface area (Å²) < 4.78 is 48.6. The maximum absolute atomic E-state index is 14.4. The summed E-state index contributed by atoms with van der Waals surface area (Å²) in [6.45, 7) is 1.15.